The Morgan fingerprint density at radius 3 is 2.26 bits per heavy atom. The maximum absolute atomic E-state index is 12.2. The monoisotopic (exact) mass is 367 g/mol. The normalized spacial score (nSPS) is 26.5. The van der Waals surface area contributed by atoms with Crippen LogP contribution >= 0.6 is 0 Å². The maximum Gasteiger partial charge on any atom is 0.325 e. The van der Waals surface area contributed by atoms with Crippen molar-refractivity contribution in [2.75, 3.05) is 13.2 Å². The van der Waals surface area contributed by atoms with Gasteiger partial charge in [0.15, 0.2) is 0 Å². The number of carbonyl (C=O) groups excluding carboxylic acids is 1. The fourth-order valence-corrected chi connectivity index (χ4v) is 3.85. The quantitative estimate of drug-likeness (QED) is 0.823. The molecule has 0 radical (unpaired) electrons. The Balaban J connectivity index is 1.78. The number of benzene rings is 2. The molecule has 144 valence electrons. The van der Waals surface area contributed by atoms with Crippen molar-refractivity contribution in [2.45, 2.75) is 38.3 Å². The van der Waals surface area contributed by atoms with Crippen LogP contribution in [-0.4, -0.2) is 31.3 Å². The Hall–Kier alpha value is -2.17. The van der Waals surface area contributed by atoms with E-state index in [1.807, 2.05) is 19.1 Å². The lowest BCUT2D eigenvalue weighted by Gasteiger charge is -2.31. The number of cyclic esters (lactones) is 1. The zero-order valence-corrected chi connectivity index (χ0v) is 15.9. The summed E-state index contributed by atoms with van der Waals surface area (Å²) in [5, 5.41) is 0. The third-order valence-corrected chi connectivity index (χ3v) is 5.39. The smallest absolute Gasteiger partial charge is 0.325 e. The molecular weight excluding hydrogens is 338 g/mol. The van der Waals surface area contributed by atoms with Gasteiger partial charge in [-0.2, -0.15) is 0 Å². The van der Waals surface area contributed by atoms with Gasteiger partial charge in [0, 0.05) is 5.92 Å². The minimum Gasteiger partial charge on any atom is -0.461 e. The van der Waals surface area contributed by atoms with Crippen LogP contribution in [0.2, 0.25) is 0 Å². The highest BCUT2D eigenvalue weighted by Crippen LogP contribution is 2.29. The molecule has 4 atom stereocenters. The lowest BCUT2D eigenvalue weighted by molar-refractivity contribution is -0.153. The number of esters is 1. The van der Waals surface area contributed by atoms with Gasteiger partial charge in [-0.3, -0.25) is 4.79 Å². The first-order chi connectivity index (χ1) is 13.1. The van der Waals surface area contributed by atoms with E-state index in [0.29, 0.717) is 6.61 Å². The second-order valence-electron chi connectivity index (χ2n) is 7.42. The molecule has 0 aromatic heterocycles. The van der Waals surface area contributed by atoms with Crippen molar-refractivity contribution < 1.29 is 14.3 Å². The van der Waals surface area contributed by atoms with Gasteiger partial charge in [0.2, 0.25) is 0 Å². The highest BCUT2D eigenvalue weighted by molar-refractivity contribution is 5.75. The molecule has 4 heteroatoms. The molecule has 0 spiro atoms. The summed E-state index contributed by atoms with van der Waals surface area (Å²) in [6, 6.07) is 20.2. The molecule has 1 heterocycles. The summed E-state index contributed by atoms with van der Waals surface area (Å²) < 4.78 is 11.5. The lowest BCUT2D eigenvalue weighted by Crippen LogP contribution is -2.38. The van der Waals surface area contributed by atoms with Crippen molar-refractivity contribution in [3.63, 3.8) is 0 Å². The average molecular weight is 367 g/mol. The zero-order valence-electron chi connectivity index (χ0n) is 15.9. The topological polar surface area (TPSA) is 61.5 Å². The van der Waals surface area contributed by atoms with E-state index in [1.54, 1.807) is 0 Å². The van der Waals surface area contributed by atoms with Gasteiger partial charge in [0.1, 0.15) is 12.1 Å². The number of carbonyl (C=O) groups is 1. The first-order valence-corrected chi connectivity index (χ1v) is 9.75. The predicted molar refractivity (Wildman–Crippen MR) is 106 cm³/mol. The van der Waals surface area contributed by atoms with Crippen LogP contribution in [0.4, 0.5) is 0 Å². The number of hydrogen-bond donors (Lipinski definition) is 1. The molecule has 0 bridgehead atoms. The van der Waals surface area contributed by atoms with Crippen LogP contribution in [0, 0.1) is 11.8 Å². The summed E-state index contributed by atoms with van der Waals surface area (Å²) in [4.78, 5) is 12.2. The van der Waals surface area contributed by atoms with Crippen molar-refractivity contribution in [2.24, 2.45) is 17.6 Å². The molecule has 27 heavy (non-hydrogen) atoms. The van der Waals surface area contributed by atoms with Gasteiger partial charge >= 0.3 is 5.97 Å². The summed E-state index contributed by atoms with van der Waals surface area (Å²) in [6.45, 7) is 2.79. The minimum absolute atomic E-state index is 0.192. The third-order valence-electron chi connectivity index (χ3n) is 5.39. The number of aryl methyl sites for hydroxylation is 1. The van der Waals surface area contributed by atoms with Gasteiger partial charge in [-0.1, -0.05) is 60.7 Å². The molecule has 0 unspecified atom stereocenters. The van der Waals surface area contributed by atoms with Gasteiger partial charge in [-0.25, -0.2) is 0 Å². The Kier molecular flexibility index (Phi) is 7.02. The summed E-state index contributed by atoms with van der Waals surface area (Å²) in [6.07, 6.45) is 2.60. The van der Waals surface area contributed by atoms with Crippen LogP contribution in [0.25, 0.3) is 0 Å². The van der Waals surface area contributed by atoms with Gasteiger partial charge in [0.25, 0.3) is 0 Å². The van der Waals surface area contributed by atoms with E-state index in [9.17, 15) is 4.79 Å². The second-order valence-corrected chi connectivity index (χ2v) is 7.42. The SMILES string of the molecule is C[C@@H]1OC(=O)[C@@H](N)COC[C@H](Cc2ccccc2)[C@H]1CCc1ccccc1. The zero-order chi connectivity index (χ0) is 19.1. The molecule has 0 aliphatic carbocycles. The summed E-state index contributed by atoms with van der Waals surface area (Å²) >= 11 is 0. The molecule has 2 aromatic carbocycles. The summed E-state index contributed by atoms with van der Waals surface area (Å²) in [5.74, 6) is 0.108. The van der Waals surface area contributed by atoms with Gasteiger partial charge < -0.3 is 15.2 Å². The Bertz CT molecular complexity index is 704. The molecule has 0 amide bonds. The van der Waals surface area contributed by atoms with Gasteiger partial charge in [-0.15, -0.1) is 0 Å². The van der Waals surface area contributed by atoms with E-state index in [1.165, 1.54) is 11.1 Å². The Morgan fingerprint density at radius 2 is 1.59 bits per heavy atom. The van der Waals surface area contributed by atoms with Crippen LogP contribution in [0.15, 0.2) is 60.7 Å². The van der Waals surface area contributed by atoms with Crippen LogP contribution in [0.3, 0.4) is 0 Å². The summed E-state index contributed by atoms with van der Waals surface area (Å²) in [5.41, 5.74) is 8.46. The van der Waals surface area contributed by atoms with E-state index in [4.69, 9.17) is 15.2 Å². The van der Waals surface area contributed by atoms with Crippen molar-refractivity contribution in [1.82, 2.24) is 0 Å². The number of rotatable bonds is 5. The third kappa shape index (κ3) is 5.65. The highest BCUT2D eigenvalue weighted by atomic mass is 16.5. The van der Waals surface area contributed by atoms with E-state index < -0.39 is 6.04 Å². The largest absolute Gasteiger partial charge is 0.461 e. The van der Waals surface area contributed by atoms with E-state index in [-0.39, 0.29) is 30.5 Å². The molecule has 0 saturated carbocycles. The minimum atomic E-state index is -0.710. The molecule has 1 aliphatic heterocycles. The number of nitrogens with two attached hydrogens (primary N) is 1. The molecule has 3 rings (SSSR count). The van der Waals surface area contributed by atoms with E-state index in [0.717, 1.165) is 19.3 Å². The molecule has 2 N–H and O–H groups in total. The van der Waals surface area contributed by atoms with Crippen LogP contribution < -0.4 is 5.73 Å². The standard InChI is InChI=1S/C23H29NO3/c1-17-21(13-12-18-8-4-2-5-9-18)20(14-19-10-6-3-7-11-19)15-26-16-22(24)23(25)27-17/h2-11,17,20-22H,12-16,24H2,1H3/t17-,20-,21-,22-/m0/s1. The average Bonchev–Trinajstić information content (AvgIpc) is 2.73. The Labute approximate surface area is 161 Å². The lowest BCUT2D eigenvalue weighted by atomic mass is 9.80. The van der Waals surface area contributed by atoms with Crippen LogP contribution in [0.1, 0.15) is 24.5 Å². The van der Waals surface area contributed by atoms with Crippen molar-refractivity contribution in [3.05, 3.63) is 71.8 Å². The second kappa shape index (κ2) is 9.67. The van der Waals surface area contributed by atoms with Crippen molar-refractivity contribution >= 4 is 5.97 Å². The highest BCUT2D eigenvalue weighted by Gasteiger charge is 2.32. The summed E-state index contributed by atoms with van der Waals surface area (Å²) in [7, 11) is 0. The van der Waals surface area contributed by atoms with Crippen molar-refractivity contribution in [1.29, 1.82) is 0 Å². The van der Waals surface area contributed by atoms with E-state index in [2.05, 4.69) is 48.5 Å². The molecule has 1 saturated heterocycles. The molecule has 1 aliphatic rings. The fourth-order valence-electron chi connectivity index (χ4n) is 3.85. The van der Waals surface area contributed by atoms with E-state index >= 15 is 0 Å². The van der Waals surface area contributed by atoms with Gasteiger partial charge in [0.05, 0.1) is 13.2 Å². The molecule has 4 nitrogen and oxygen atoms in total. The first kappa shape index (κ1) is 19.6. The first-order valence-electron chi connectivity index (χ1n) is 9.75. The molecular formula is C23H29NO3. The number of hydrogen-bond acceptors (Lipinski definition) is 4. The van der Waals surface area contributed by atoms with Crippen LogP contribution in [0.5, 0.6) is 0 Å². The molecule has 1 fully saturated rings. The van der Waals surface area contributed by atoms with Crippen LogP contribution in [-0.2, 0) is 27.1 Å². The number of ether oxygens (including phenoxy) is 2. The van der Waals surface area contributed by atoms with Crippen molar-refractivity contribution in [3.8, 4) is 0 Å². The Morgan fingerprint density at radius 1 is 0.963 bits per heavy atom. The predicted octanol–water partition coefficient (Wildman–Crippen LogP) is 3.38. The fraction of sp³-hybridized carbons (Fsp3) is 0.435. The molecule has 2 aromatic rings. The maximum atomic E-state index is 12.2. The van der Waals surface area contributed by atoms with Gasteiger partial charge in [-0.05, 0) is 43.2 Å².